The maximum atomic E-state index is 5.44. The van der Waals surface area contributed by atoms with E-state index in [2.05, 4.69) is 32.1 Å². The number of halogens is 1. The number of aryl methyl sites for hydroxylation is 1. The van der Waals surface area contributed by atoms with E-state index in [-0.39, 0.29) is 17.9 Å². The summed E-state index contributed by atoms with van der Waals surface area (Å²) in [6, 6.07) is 0. The van der Waals surface area contributed by atoms with E-state index in [1.807, 2.05) is 10.9 Å². The Bertz CT molecular complexity index is 263. The van der Waals surface area contributed by atoms with Gasteiger partial charge in [-0.1, -0.05) is 0 Å². The molecule has 0 bridgehead atoms. The molecule has 0 atom stereocenters. The Labute approximate surface area is 92.1 Å². The summed E-state index contributed by atoms with van der Waals surface area (Å²) in [6.45, 7) is 7.19. The quantitative estimate of drug-likeness (QED) is 0.841. The molecule has 0 aliphatic rings. The van der Waals surface area contributed by atoms with E-state index in [0.29, 0.717) is 0 Å². The van der Waals surface area contributed by atoms with Gasteiger partial charge in [-0.2, -0.15) is 5.10 Å². The number of nitrogens with zero attached hydrogens (tertiary/aromatic N) is 2. The third-order valence-corrected chi connectivity index (χ3v) is 1.99. The summed E-state index contributed by atoms with van der Waals surface area (Å²) in [5.74, 6) is 0. The summed E-state index contributed by atoms with van der Waals surface area (Å²) in [6.07, 6.45) is 6.11. The predicted octanol–water partition coefficient (Wildman–Crippen LogP) is 1.95. The van der Waals surface area contributed by atoms with Crippen molar-refractivity contribution in [2.45, 2.75) is 39.2 Å². The Morgan fingerprint density at radius 1 is 1.43 bits per heavy atom. The summed E-state index contributed by atoms with van der Waals surface area (Å²) >= 11 is 0. The first-order valence-electron chi connectivity index (χ1n) is 4.78. The largest absolute Gasteiger partial charge is 0.330 e. The van der Waals surface area contributed by atoms with E-state index in [0.717, 1.165) is 19.4 Å². The van der Waals surface area contributed by atoms with Gasteiger partial charge in [-0.15, -0.1) is 12.4 Å². The van der Waals surface area contributed by atoms with Crippen LogP contribution in [0.3, 0.4) is 0 Å². The highest BCUT2D eigenvalue weighted by molar-refractivity contribution is 5.85. The summed E-state index contributed by atoms with van der Waals surface area (Å²) in [7, 11) is 0. The summed E-state index contributed by atoms with van der Waals surface area (Å²) in [5.41, 5.74) is 6.80. The molecule has 0 aliphatic heterocycles. The van der Waals surface area contributed by atoms with Crippen LogP contribution in [0.2, 0.25) is 0 Å². The van der Waals surface area contributed by atoms with Crippen LogP contribution in [0.5, 0.6) is 0 Å². The van der Waals surface area contributed by atoms with Crippen LogP contribution in [0.4, 0.5) is 0 Å². The molecule has 1 rings (SSSR count). The number of hydrogen-bond acceptors (Lipinski definition) is 2. The smallest absolute Gasteiger partial charge is 0.0543 e. The molecule has 82 valence electrons. The van der Waals surface area contributed by atoms with E-state index in [1.165, 1.54) is 5.56 Å². The van der Waals surface area contributed by atoms with Gasteiger partial charge in [0.2, 0.25) is 0 Å². The van der Waals surface area contributed by atoms with E-state index < -0.39 is 0 Å². The van der Waals surface area contributed by atoms with E-state index >= 15 is 0 Å². The molecule has 0 spiro atoms. The van der Waals surface area contributed by atoms with E-state index in [4.69, 9.17) is 5.73 Å². The zero-order valence-electron chi connectivity index (χ0n) is 9.16. The van der Waals surface area contributed by atoms with Gasteiger partial charge in [0.1, 0.15) is 0 Å². The molecule has 3 nitrogen and oxygen atoms in total. The molecular formula is C10H20ClN3. The molecule has 0 saturated carbocycles. The van der Waals surface area contributed by atoms with Gasteiger partial charge in [0, 0.05) is 6.20 Å². The summed E-state index contributed by atoms with van der Waals surface area (Å²) < 4.78 is 2.00. The minimum atomic E-state index is 0. The Hall–Kier alpha value is -0.540. The zero-order chi connectivity index (χ0) is 9.90. The third kappa shape index (κ3) is 3.68. The van der Waals surface area contributed by atoms with Gasteiger partial charge in [-0.05, 0) is 45.7 Å². The van der Waals surface area contributed by atoms with Crippen LogP contribution in [0.25, 0.3) is 0 Å². The molecule has 2 N–H and O–H groups in total. The first kappa shape index (κ1) is 13.5. The van der Waals surface area contributed by atoms with Crippen molar-refractivity contribution in [3.8, 4) is 0 Å². The summed E-state index contributed by atoms with van der Waals surface area (Å²) in [4.78, 5) is 0. The predicted molar refractivity (Wildman–Crippen MR) is 61.8 cm³/mol. The van der Waals surface area contributed by atoms with Crippen molar-refractivity contribution in [3.05, 3.63) is 18.0 Å². The highest BCUT2D eigenvalue weighted by atomic mass is 35.5. The zero-order valence-corrected chi connectivity index (χ0v) is 9.97. The normalized spacial score (nSPS) is 11.1. The first-order valence-corrected chi connectivity index (χ1v) is 4.78. The standard InChI is InChI=1S/C10H19N3.ClH/c1-10(2,3)13-8-9(7-12-13)5-4-6-11;/h7-8H,4-6,11H2,1-3H3;1H. The number of aromatic nitrogens is 2. The Balaban J connectivity index is 0.00000169. The van der Waals surface area contributed by atoms with Crippen LogP contribution in [0, 0.1) is 0 Å². The topological polar surface area (TPSA) is 43.8 Å². The molecule has 0 fully saturated rings. The Kier molecular flexibility index (Phi) is 5.16. The molecular weight excluding hydrogens is 198 g/mol. The highest BCUT2D eigenvalue weighted by Gasteiger charge is 2.13. The maximum Gasteiger partial charge on any atom is 0.0543 e. The molecule has 0 aliphatic carbocycles. The lowest BCUT2D eigenvalue weighted by Gasteiger charge is -2.18. The number of rotatable bonds is 3. The fraction of sp³-hybridized carbons (Fsp3) is 0.700. The minimum Gasteiger partial charge on any atom is -0.330 e. The maximum absolute atomic E-state index is 5.44. The monoisotopic (exact) mass is 217 g/mol. The van der Waals surface area contributed by atoms with Crippen molar-refractivity contribution >= 4 is 12.4 Å². The van der Waals surface area contributed by atoms with Gasteiger partial charge in [-0.3, -0.25) is 4.68 Å². The van der Waals surface area contributed by atoms with E-state index in [9.17, 15) is 0 Å². The lowest BCUT2D eigenvalue weighted by molar-refractivity contribution is 0.355. The third-order valence-electron chi connectivity index (χ3n) is 1.99. The SMILES string of the molecule is CC(C)(C)n1cc(CCCN)cn1.Cl. The number of nitrogens with two attached hydrogens (primary N) is 1. The van der Waals surface area contributed by atoms with Crippen LogP contribution >= 0.6 is 12.4 Å². The average molecular weight is 218 g/mol. The lowest BCUT2D eigenvalue weighted by Crippen LogP contribution is -2.21. The Morgan fingerprint density at radius 2 is 2.07 bits per heavy atom. The second kappa shape index (κ2) is 5.37. The van der Waals surface area contributed by atoms with Crippen LogP contribution in [-0.2, 0) is 12.0 Å². The van der Waals surface area contributed by atoms with Crippen molar-refractivity contribution in [1.82, 2.24) is 9.78 Å². The minimum absolute atomic E-state index is 0. The molecule has 4 heteroatoms. The highest BCUT2D eigenvalue weighted by Crippen LogP contribution is 2.13. The van der Waals surface area contributed by atoms with Gasteiger partial charge in [-0.25, -0.2) is 0 Å². The molecule has 1 heterocycles. The average Bonchev–Trinajstić information content (AvgIpc) is 2.47. The van der Waals surface area contributed by atoms with Gasteiger partial charge < -0.3 is 5.73 Å². The fourth-order valence-electron chi connectivity index (χ4n) is 1.16. The first-order chi connectivity index (χ1) is 6.04. The van der Waals surface area contributed by atoms with Crippen molar-refractivity contribution in [3.63, 3.8) is 0 Å². The van der Waals surface area contributed by atoms with Gasteiger partial charge in [0.05, 0.1) is 11.7 Å². The van der Waals surface area contributed by atoms with Crippen molar-refractivity contribution in [2.75, 3.05) is 6.54 Å². The van der Waals surface area contributed by atoms with Crippen LogP contribution in [0.1, 0.15) is 32.8 Å². The van der Waals surface area contributed by atoms with Crippen molar-refractivity contribution in [1.29, 1.82) is 0 Å². The Morgan fingerprint density at radius 3 is 2.50 bits per heavy atom. The summed E-state index contributed by atoms with van der Waals surface area (Å²) in [5, 5.41) is 4.32. The fourth-order valence-corrected chi connectivity index (χ4v) is 1.16. The second-order valence-corrected chi connectivity index (χ2v) is 4.36. The van der Waals surface area contributed by atoms with Crippen LogP contribution in [-0.4, -0.2) is 16.3 Å². The van der Waals surface area contributed by atoms with Crippen molar-refractivity contribution < 1.29 is 0 Å². The molecule has 0 amide bonds. The van der Waals surface area contributed by atoms with E-state index in [1.54, 1.807) is 0 Å². The molecule has 1 aromatic heterocycles. The second-order valence-electron chi connectivity index (χ2n) is 4.36. The molecule has 1 aromatic rings. The van der Waals surface area contributed by atoms with Crippen LogP contribution < -0.4 is 5.73 Å². The van der Waals surface area contributed by atoms with Gasteiger partial charge >= 0.3 is 0 Å². The molecule has 14 heavy (non-hydrogen) atoms. The van der Waals surface area contributed by atoms with Gasteiger partial charge in [0.25, 0.3) is 0 Å². The number of hydrogen-bond donors (Lipinski definition) is 1. The molecule has 0 radical (unpaired) electrons. The van der Waals surface area contributed by atoms with Crippen molar-refractivity contribution in [2.24, 2.45) is 5.73 Å². The molecule has 0 saturated heterocycles. The lowest BCUT2D eigenvalue weighted by atomic mass is 10.1. The molecule has 0 aromatic carbocycles. The van der Waals surface area contributed by atoms with Gasteiger partial charge in [0.15, 0.2) is 0 Å². The molecule has 0 unspecified atom stereocenters. The van der Waals surface area contributed by atoms with Crippen LogP contribution in [0.15, 0.2) is 12.4 Å².